The lowest BCUT2D eigenvalue weighted by Gasteiger charge is -2.30. The van der Waals surface area contributed by atoms with Crippen molar-refractivity contribution in [2.75, 3.05) is 31.1 Å². The summed E-state index contributed by atoms with van der Waals surface area (Å²) in [4.78, 5) is 26.2. The summed E-state index contributed by atoms with van der Waals surface area (Å²) in [5.41, 5.74) is 1.44. The first-order chi connectivity index (χ1) is 11.1. The third-order valence-corrected chi connectivity index (χ3v) is 5.02. The second-order valence-corrected chi connectivity index (χ2v) is 7.07. The van der Waals surface area contributed by atoms with Gasteiger partial charge in [-0.25, -0.2) is 9.97 Å². The van der Waals surface area contributed by atoms with Gasteiger partial charge in [0.25, 0.3) is 5.91 Å². The highest BCUT2D eigenvalue weighted by molar-refractivity contribution is 5.92. The SMILES string of the molecule is Cc1cc(C(=O)N2CCCCCC2)nc(N2CCC(C)CC2)n1. The number of carbonyl (C=O) groups excluding carboxylic acids is 1. The summed E-state index contributed by atoms with van der Waals surface area (Å²) in [7, 11) is 0. The number of amides is 1. The van der Waals surface area contributed by atoms with Crippen LogP contribution in [0.5, 0.6) is 0 Å². The van der Waals surface area contributed by atoms with Crippen LogP contribution in [0.3, 0.4) is 0 Å². The van der Waals surface area contributed by atoms with Gasteiger partial charge in [0.15, 0.2) is 0 Å². The van der Waals surface area contributed by atoms with Gasteiger partial charge < -0.3 is 9.80 Å². The summed E-state index contributed by atoms with van der Waals surface area (Å²) in [6.07, 6.45) is 7.01. The maximum atomic E-state index is 12.8. The van der Waals surface area contributed by atoms with Crippen molar-refractivity contribution in [3.05, 3.63) is 17.5 Å². The van der Waals surface area contributed by atoms with Crippen molar-refractivity contribution >= 4 is 11.9 Å². The molecule has 0 aromatic carbocycles. The van der Waals surface area contributed by atoms with Crippen molar-refractivity contribution < 1.29 is 4.79 Å². The lowest BCUT2D eigenvalue weighted by atomic mass is 10.00. The van der Waals surface area contributed by atoms with Gasteiger partial charge in [0.2, 0.25) is 5.95 Å². The van der Waals surface area contributed by atoms with E-state index < -0.39 is 0 Å². The zero-order chi connectivity index (χ0) is 16.2. The molecule has 1 aromatic rings. The minimum Gasteiger partial charge on any atom is -0.341 e. The molecule has 2 aliphatic heterocycles. The van der Waals surface area contributed by atoms with Crippen LogP contribution >= 0.6 is 0 Å². The molecule has 0 saturated carbocycles. The maximum Gasteiger partial charge on any atom is 0.272 e. The Kier molecular flexibility index (Phi) is 5.13. The summed E-state index contributed by atoms with van der Waals surface area (Å²) >= 11 is 0. The molecule has 3 rings (SSSR count). The number of likely N-dealkylation sites (tertiary alicyclic amines) is 1. The molecule has 2 fully saturated rings. The number of rotatable bonds is 2. The highest BCUT2D eigenvalue weighted by atomic mass is 16.2. The van der Waals surface area contributed by atoms with Crippen LogP contribution in [0.2, 0.25) is 0 Å². The molecule has 3 heterocycles. The van der Waals surface area contributed by atoms with Crippen LogP contribution in [0, 0.1) is 12.8 Å². The number of piperidine rings is 1. The number of aryl methyl sites for hydroxylation is 1. The third-order valence-electron chi connectivity index (χ3n) is 5.02. The molecule has 23 heavy (non-hydrogen) atoms. The Bertz CT molecular complexity index is 544. The average molecular weight is 316 g/mol. The van der Waals surface area contributed by atoms with E-state index in [-0.39, 0.29) is 5.91 Å². The third kappa shape index (κ3) is 4.01. The molecular weight excluding hydrogens is 288 g/mol. The normalized spacial score (nSPS) is 20.4. The molecule has 0 atom stereocenters. The molecular formula is C18H28N4O. The van der Waals surface area contributed by atoms with E-state index in [4.69, 9.17) is 0 Å². The van der Waals surface area contributed by atoms with E-state index >= 15 is 0 Å². The van der Waals surface area contributed by atoms with Gasteiger partial charge in [0, 0.05) is 31.9 Å². The molecule has 0 aliphatic carbocycles. The van der Waals surface area contributed by atoms with Gasteiger partial charge in [-0.3, -0.25) is 4.79 Å². The maximum absolute atomic E-state index is 12.8. The van der Waals surface area contributed by atoms with Gasteiger partial charge in [-0.05, 0) is 44.6 Å². The minimum absolute atomic E-state index is 0.0732. The van der Waals surface area contributed by atoms with Gasteiger partial charge in [-0.1, -0.05) is 19.8 Å². The van der Waals surface area contributed by atoms with E-state index in [1.807, 2.05) is 17.9 Å². The molecule has 2 saturated heterocycles. The Balaban J connectivity index is 1.78. The van der Waals surface area contributed by atoms with Crippen molar-refractivity contribution in [1.29, 1.82) is 0 Å². The van der Waals surface area contributed by atoms with Crippen LogP contribution in [0.1, 0.15) is 61.6 Å². The second kappa shape index (κ2) is 7.28. The smallest absolute Gasteiger partial charge is 0.272 e. The molecule has 0 N–H and O–H groups in total. The molecule has 126 valence electrons. The first-order valence-electron chi connectivity index (χ1n) is 9.03. The summed E-state index contributed by atoms with van der Waals surface area (Å²) < 4.78 is 0. The van der Waals surface area contributed by atoms with Crippen molar-refractivity contribution in [1.82, 2.24) is 14.9 Å². The topological polar surface area (TPSA) is 49.3 Å². The number of carbonyl (C=O) groups is 1. The number of aromatic nitrogens is 2. The lowest BCUT2D eigenvalue weighted by Crippen LogP contribution is -2.36. The Hall–Kier alpha value is -1.65. The van der Waals surface area contributed by atoms with Gasteiger partial charge in [-0.2, -0.15) is 0 Å². The number of hydrogen-bond donors (Lipinski definition) is 0. The van der Waals surface area contributed by atoms with Crippen molar-refractivity contribution in [3.8, 4) is 0 Å². The average Bonchev–Trinajstić information content (AvgIpc) is 2.83. The Morgan fingerprint density at radius 2 is 1.70 bits per heavy atom. The van der Waals surface area contributed by atoms with Crippen LogP contribution in [-0.4, -0.2) is 47.0 Å². The molecule has 0 bridgehead atoms. The zero-order valence-electron chi connectivity index (χ0n) is 14.4. The molecule has 0 unspecified atom stereocenters. The second-order valence-electron chi connectivity index (χ2n) is 7.07. The fraction of sp³-hybridized carbons (Fsp3) is 0.722. The molecule has 1 aromatic heterocycles. The fourth-order valence-corrected chi connectivity index (χ4v) is 3.45. The van der Waals surface area contributed by atoms with E-state index in [9.17, 15) is 4.79 Å². The van der Waals surface area contributed by atoms with Gasteiger partial charge in [0.05, 0.1) is 0 Å². The molecule has 0 radical (unpaired) electrons. The Morgan fingerprint density at radius 3 is 2.35 bits per heavy atom. The van der Waals surface area contributed by atoms with Gasteiger partial charge in [-0.15, -0.1) is 0 Å². The summed E-state index contributed by atoms with van der Waals surface area (Å²) in [6.45, 7) is 7.94. The van der Waals surface area contributed by atoms with E-state index in [2.05, 4.69) is 21.8 Å². The lowest BCUT2D eigenvalue weighted by molar-refractivity contribution is 0.0755. The molecule has 1 amide bonds. The van der Waals surface area contributed by atoms with Gasteiger partial charge >= 0.3 is 0 Å². The van der Waals surface area contributed by atoms with E-state index in [1.165, 1.54) is 25.7 Å². The van der Waals surface area contributed by atoms with E-state index in [0.29, 0.717) is 5.69 Å². The van der Waals surface area contributed by atoms with Crippen LogP contribution in [-0.2, 0) is 0 Å². The summed E-state index contributed by atoms with van der Waals surface area (Å²) in [5.74, 6) is 1.58. The van der Waals surface area contributed by atoms with E-state index in [1.54, 1.807) is 0 Å². The Morgan fingerprint density at radius 1 is 1.04 bits per heavy atom. The van der Waals surface area contributed by atoms with Crippen molar-refractivity contribution in [2.24, 2.45) is 5.92 Å². The van der Waals surface area contributed by atoms with E-state index in [0.717, 1.165) is 56.6 Å². The number of hydrogen-bond acceptors (Lipinski definition) is 4. The van der Waals surface area contributed by atoms with Crippen LogP contribution in [0.25, 0.3) is 0 Å². The van der Waals surface area contributed by atoms with Crippen LogP contribution in [0.4, 0.5) is 5.95 Å². The molecule has 2 aliphatic rings. The zero-order valence-corrected chi connectivity index (χ0v) is 14.4. The van der Waals surface area contributed by atoms with Crippen LogP contribution < -0.4 is 4.90 Å². The highest BCUT2D eigenvalue weighted by Crippen LogP contribution is 2.21. The number of anilines is 1. The quantitative estimate of drug-likeness (QED) is 0.841. The Labute approximate surface area is 139 Å². The summed E-state index contributed by atoms with van der Waals surface area (Å²) in [5, 5.41) is 0. The summed E-state index contributed by atoms with van der Waals surface area (Å²) in [6, 6.07) is 1.84. The largest absolute Gasteiger partial charge is 0.341 e. The fourth-order valence-electron chi connectivity index (χ4n) is 3.45. The number of nitrogens with zero attached hydrogens (tertiary/aromatic N) is 4. The van der Waals surface area contributed by atoms with Gasteiger partial charge in [0.1, 0.15) is 5.69 Å². The highest BCUT2D eigenvalue weighted by Gasteiger charge is 2.22. The monoisotopic (exact) mass is 316 g/mol. The predicted octanol–water partition coefficient (Wildman–Crippen LogP) is 3.04. The molecule has 5 heteroatoms. The standard InChI is InChI=1S/C18H28N4O/c1-14-7-11-22(12-8-14)18-19-15(2)13-16(20-18)17(23)21-9-5-3-4-6-10-21/h13-14H,3-12H2,1-2H3. The van der Waals surface area contributed by atoms with Crippen molar-refractivity contribution in [3.63, 3.8) is 0 Å². The predicted molar refractivity (Wildman–Crippen MR) is 91.8 cm³/mol. The first kappa shape index (κ1) is 16.2. The molecule has 5 nitrogen and oxygen atoms in total. The molecule has 0 spiro atoms. The van der Waals surface area contributed by atoms with Crippen LogP contribution in [0.15, 0.2) is 6.07 Å². The van der Waals surface area contributed by atoms with Crippen molar-refractivity contribution in [2.45, 2.75) is 52.4 Å². The first-order valence-corrected chi connectivity index (χ1v) is 9.03. The minimum atomic E-state index is 0.0732.